The van der Waals surface area contributed by atoms with Crippen LogP contribution in [-0.2, 0) is 10.0 Å². The van der Waals surface area contributed by atoms with Gasteiger partial charge in [0.1, 0.15) is 0 Å². The number of hydrogen-bond acceptors (Lipinski definition) is 4. The number of halogens is 3. The van der Waals surface area contributed by atoms with Gasteiger partial charge in [-0.25, -0.2) is 12.8 Å². The molecule has 1 aromatic carbocycles. The van der Waals surface area contributed by atoms with Crippen LogP contribution in [0.5, 0.6) is 5.75 Å². The van der Waals surface area contributed by atoms with Gasteiger partial charge in [-0.05, 0) is 44.0 Å². The van der Waals surface area contributed by atoms with Crippen LogP contribution >= 0.6 is 0 Å². The molecule has 1 atom stereocenters. The van der Waals surface area contributed by atoms with E-state index in [1.54, 1.807) is 0 Å². The Kier molecular flexibility index (Phi) is 4.52. The van der Waals surface area contributed by atoms with E-state index in [-0.39, 0.29) is 17.0 Å². The summed E-state index contributed by atoms with van der Waals surface area (Å²) in [6.07, 6.45) is 2.26. The molecular formula is C14H17F3N2O3S. The minimum atomic E-state index is -3.88. The van der Waals surface area contributed by atoms with E-state index < -0.39 is 28.2 Å². The molecule has 5 nitrogen and oxygen atoms in total. The topological polar surface area (TPSA) is 58.6 Å². The van der Waals surface area contributed by atoms with E-state index >= 15 is 0 Å². The summed E-state index contributed by atoms with van der Waals surface area (Å²) in [6, 6.07) is 2.54. The van der Waals surface area contributed by atoms with Crippen LogP contribution in [0.25, 0.3) is 0 Å². The Morgan fingerprint density at radius 1 is 1.22 bits per heavy atom. The highest BCUT2D eigenvalue weighted by Gasteiger charge is 2.43. The first kappa shape index (κ1) is 16.5. The van der Waals surface area contributed by atoms with Crippen LogP contribution in [0.3, 0.4) is 0 Å². The lowest BCUT2D eigenvalue weighted by atomic mass is 10.2. The van der Waals surface area contributed by atoms with Crippen molar-refractivity contribution in [3.05, 3.63) is 24.0 Å². The van der Waals surface area contributed by atoms with Crippen molar-refractivity contribution in [1.29, 1.82) is 0 Å². The highest BCUT2D eigenvalue weighted by molar-refractivity contribution is 7.89. The minimum absolute atomic E-state index is 0.0649. The van der Waals surface area contributed by atoms with Gasteiger partial charge in [-0.2, -0.15) is 13.1 Å². The molecule has 1 saturated heterocycles. The summed E-state index contributed by atoms with van der Waals surface area (Å²) in [5.74, 6) is -1.79. The van der Waals surface area contributed by atoms with Crippen molar-refractivity contribution in [1.82, 2.24) is 9.62 Å². The van der Waals surface area contributed by atoms with Crippen molar-refractivity contribution >= 4 is 10.0 Å². The second kappa shape index (κ2) is 6.29. The van der Waals surface area contributed by atoms with Crippen LogP contribution in [0, 0.1) is 5.82 Å². The molecule has 1 aliphatic carbocycles. The van der Waals surface area contributed by atoms with E-state index in [1.165, 1.54) is 4.31 Å². The van der Waals surface area contributed by atoms with E-state index in [0.717, 1.165) is 37.6 Å². The van der Waals surface area contributed by atoms with Crippen molar-refractivity contribution in [2.75, 3.05) is 13.1 Å². The SMILES string of the molecule is O=S(=O)(c1ccc(OC(F)F)c(F)c1)N(C1CC1)C1CCNC1. The van der Waals surface area contributed by atoms with Gasteiger partial charge in [-0.15, -0.1) is 0 Å². The van der Waals surface area contributed by atoms with Crippen LogP contribution < -0.4 is 10.1 Å². The zero-order valence-electron chi connectivity index (χ0n) is 12.2. The van der Waals surface area contributed by atoms with Crippen molar-refractivity contribution in [3.63, 3.8) is 0 Å². The van der Waals surface area contributed by atoms with Gasteiger partial charge in [0.15, 0.2) is 11.6 Å². The number of nitrogens with one attached hydrogen (secondary N) is 1. The lowest BCUT2D eigenvalue weighted by molar-refractivity contribution is -0.0522. The quantitative estimate of drug-likeness (QED) is 0.852. The summed E-state index contributed by atoms with van der Waals surface area (Å²) in [5.41, 5.74) is 0. The average molecular weight is 350 g/mol. The maximum atomic E-state index is 13.8. The highest BCUT2D eigenvalue weighted by Crippen LogP contribution is 2.36. The molecule has 2 fully saturated rings. The van der Waals surface area contributed by atoms with Gasteiger partial charge in [0.05, 0.1) is 4.90 Å². The number of sulfonamides is 1. The third kappa shape index (κ3) is 3.46. The summed E-state index contributed by atoms with van der Waals surface area (Å²) in [5, 5.41) is 3.12. The Balaban J connectivity index is 1.90. The molecule has 1 aliphatic heterocycles. The Morgan fingerprint density at radius 2 is 1.96 bits per heavy atom. The van der Waals surface area contributed by atoms with E-state index in [0.29, 0.717) is 13.0 Å². The van der Waals surface area contributed by atoms with Gasteiger partial charge in [-0.3, -0.25) is 0 Å². The normalized spacial score (nSPS) is 22.0. The predicted molar refractivity (Wildman–Crippen MR) is 76.4 cm³/mol. The lowest BCUT2D eigenvalue weighted by Crippen LogP contribution is -2.43. The molecule has 0 amide bonds. The predicted octanol–water partition coefficient (Wildman–Crippen LogP) is 1.94. The summed E-state index contributed by atoms with van der Waals surface area (Å²) >= 11 is 0. The van der Waals surface area contributed by atoms with Gasteiger partial charge in [0, 0.05) is 18.6 Å². The number of rotatable bonds is 6. The van der Waals surface area contributed by atoms with Gasteiger partial charge < -0.3 is 10.1 Å². The molecule has 1 saturated carbocycles. The molecule has 0 radical (unpaired) electrons. The second-order valence-electron chi connectivity index (χ2n) is 5.68. The first-order valence-corrected chi connectivity index (χ1v) is 8.82. The summed E-state index contributed by atoms with van der Waals surface area (Å²) in [7, 11) is -3.88. The standard InChI is InChI=1S/C14H17F3N2O3S/c15-12-7-11(3-4-13(12)22-14(16)17)23(20,21)19(9-1-2-9)10-5-6-18-8-10/h3-4,7,9-10,14,18H,1-2,5-6,8H2. The maximum absolute atomic E-state index is 13.8. The van der Waals surface area contributed by atoms with Crippen LogP contribution in [0.4, 0.5) is 13.2 Å². The summed E-state index contributed by atoms with van der Waals surface area (Å²) in [4.78, 5) is -0.240. The fourth-order valence-corrected chi connectivity index (χ4v) is 4.74. The molecule has 0 aromatic heterocycles. The second-order valence-corrected chi connectivity index (χ2v) is 7.53. The molecule has 0 bridgehead atoms. The van der Waals surface area contributed by atoms with Gasteiger partial charge in [0.2, 0.25) is 10.0 Å². The lowest BCUT2D eigenvalue weighted by Gasteiger charge is -2.27. The van der Waals surface area contributed by atoms with Crippen LogP contribution in [0.2, 0.25) is 0 Å². The van der Waals surface area contributed by atoms with Crippen molar-refractivity contribution < 1.29 is 26.3 Å². The Bertz CT molecular complexity index is 674. The Hall–Kier alpha value is -1.32. The molecule has 9 heteroatoms. The summed E-state index contributed by atoms with van der Waals surface area (Å²) < 4.78 is 69.3. The van der Waals surface area contributed by atoms with Gasteiger partial charge >= 0.3 is 6.61 Å². The molecular weight excluding hydrogens is 333 g/mol. The molecule has 23 heavy (non-hydrogen) atoms. The van der Waals surface area contributed by atoms with Crippen LogP contribution in [0.1, 0.15) is 19.3 Å². The fraction of sp³-hybridized carbons (Fsp3) is 0.571. The van der Waals surface area contributed by atoms with Crippen molar-refractivity contribution in [2.24, 2.45) is 0 Å². The van der Waals surface area contributed by atoms with Crippen LogP contribution in [0.15, 0.2) is 23.1 Å². The minimum Gasteiger partial charge on any atom is -0.432 e. The van der Waals surface area contributed by atoms with Crippen LogP contribution in [-0.4, -0.2) is 44.5 Å². The zero-order valence-corrected chi connectivity index (χ0v) is 13.0. The van der Waals surface area contributed by atoms with Gasteiger partial charge in [0.25, 0.3) is 0 Å². The number of benzene rings is 1. The Labute approximate surface area is 132 Å². The maximum Gasteiger partial charge on any atom is 0.387 e. The van der Waals surface area contributed by atoms with E-state index in [9.17, 15) is 21.6 Å². The largest absolute Gasteiger partial charge is 0.432 e. The average Bonchev–Trinajstić information content (AvgIpc) is 3.14. The molecule has 1 unspecified atom stereocenters. The monoisotopic (exact) mass is 350 g/mol. The number of alkyl halides is 2. The highest BCUT2D eigenvalue weighted by atomic mass is 32.2. The number of hydrogen-bond donors (Lipinski definition) is 1. The molecule has 2 aliphatic rings. The smallest absolute Gasteiger partial charge is 0.387 e. The van der Waals surface area contributed by atoms with Crippen molar-refractivity contribution in [2.45, 2.75) is 42.9 Å². The third-order valence-corrected chi connectivity index (χ3v) is 6.00. The molecule has 0 spiro atoms. The summed E-state index contributed by atoms with van der Waals surface area (Å²) in [6.45, 7) is -1.87. The molecule has 3 rings (SSSR count). The molecule has 1 aromatic rings. The number of nitrogens with zero attached hydrogens (tertiary/aromatic N) is 1. The first-order valence-electron chi connectivity index (χ1n) is 7.38. The van der Waals surface area contributed by atoms with E-state index in [1.807, 2.05) is 0 Å². The first-order chi connectivity index (χ1) is 10.9. The zero-order chi connectivity index (χ0) is 16.6. The van der Waals surface area contributed by atoms with E-state index in [2.05, 4.69) is 10.1 Å². The number of ether oxygens (including phenoxy) is 1. The molecule has 1 heterocycles. The Morgan fingerprint density at radius 3 is 2.48 bits per heavy atom. The van der Waals surface area contributed by atoms with E-state index in [4.69, 9.17) is 0 Å². The molecule has 1 N–H and O–H groups in total. The fourth-order valence-electron chi connectivity index (χ4n) is 2.83. The molecule has 128 valence electrons. The van der Waals surface area contributed by atoms with Crippen molar-refractivity contribution in [3.8, 4) is 5.75 Å². The third-order valence-electron chi connectivity index (χ3n) is 4.00. The van der Waals surface area contributed by atoms with Gasteiger partial charge in [-0.1, -0.05) is 0 Å².